The predicted molar refractivity (Wildman–Crippen MR) is 122 cm³/mol. The lowest BCUT2D eigenvalue weighted by atomic mass is 10.00. The highest BCUT2D eigenvalue weighted by atomic mass is 16.5. The number of aryl methyl sites for hydroxylation is 1. The van der Waals surface area contributed by atoms with E-state index in [4.69, 9.17) is 9.15 Å². The second kappa shape index (κ2) is 9.01. The van der Waals surface area contributed by atoms with Crippen LogP contribution in [0.4, 0.5) is 5.69 Å². The molecule has 1 aromatic heterocycles. The second-order valence-corrected chi connectivity index (χ2v) is 8.37. The van der Waals surface area contributed by atoms with E-state index in [-0.39, 0.29) is 23.7 Å². The minimum atomic E-state index is -0.268. The Morgan fingerprint density at radius 1 is 0.969 bits per heavy atom. The molecule has 0 atom stereocenters. The Balaban J connectivity index is 1.20. The molecular weight excluding hydrogens is 404 g/mol. The molecule has 0 aliphatic carbocycles. The summed E-state index contributed by atoms with van der Waals surface area (Å²) < 4.78 is 11.2. The predicted octanol–water partition coefficient (Wildman–Crippen LogP) is 3.56. The molecule has 0 radical (unpaired) electrons. The number of hydrogen-bond donors (Lipinski definition) is 0. The van der Waals surface area contributed by atoms with Gasteiger partial charge in [-0.25, -0.2) is 0 Å². The minimum absolute atomic E-state index is 0.0661. The van der Waals surface area contributed by atoms with E-state index >= 15 is 0 Å². The third kappa shape index (κ3) is 4.32. The molecule has 2 aliphatic heterocycles. The molecule has 164 valence electrons. The van der Waals surface area contributed by atoms with Crippen molar-refractivity contribution in [3.63, 3.8) is 0 Å². The van der Waals surface area contributed by atoms with Crippen LogP contribution in [0.1, 0.15) is 28.9 Å². The molecule has 2 aromatic carbocycles. The first-order chi connectivity index (χ1) is 15.7. The Labute approximate surface area is 187 Å². The lowest BCUT2D eigenvalue weighted by Gasteiger charge is -2.29. The molecule has 5 rings (SSSR count). The molecular formula is C26H26N2O4. The van der Waals surface area contributed by atoms with Crippen LogP contribution in [0.2, 0.25) is 0 Å². The maximum absolute atomic E-state index is 12.7. The minimum Gasteiger partial charge on any atom is -0.477 e. The lowest BCUT2D eigenvalue weighted by Crippen LogP contribution is -2.38. The Hall–Kier alpha value is -3.38. The number of para-hydroxylation sites is 1. The van der Waals surface area contributed by atoms with E-state index in [9.17, 15) is 9.59 Å². The van der Waals surface area contributed by atoms with E-state index < -0.39 is 0 Å². The van der Waals surface area contributed by atoms with Crippen LogP contribution >= 0.6 is 0 Å². The lowest BCUT2D eigenvalue weighted by molar-refractivity contribution is -0.120. The van der Waals surface area contributed by atoms with Gasteiger partial charge >= 0.3 is 0 Å². The summed E-state index contributed by atoms with van der Waals surface area (Å²) in [5, 5.41) is 0. The summed E-state index contributed by atoms with van der Waals surface area (Å²) in [6, 6.07) is 17.8. The maximum Gasteiger partial charge on any atom is 0.264 e. The number of carbonyl (C=O) groups is 1. The van der Waals surface area contributed by atoms with Crippen molar-refractivity contribution in [3.05, 3.63) is 93.5 Å². The molecule has 0 fully saturated rings. The van der Waals surface area contributed by atoms with E-state index in [1.807, 2.05) is 24.3 Å². The van der Waals surface area contributed by atoms with E-state index in [0.717, 1.165) is 43.6 Å². The molecule has 0 unspecified atom stereocenters. The van der Waals surface area contributed by atoms with Gasteiger partial charge in [0, 0.05) is 31.4 Å². The molecule has 6 heteroatoms. The summed E-state index contributed by atoms with van der Waals surface area (Å²) in [7, 11) is 0. The van der Waals surface area contributed by atoms with Gasteiger partial charge in [0.25, 0.3) is 5.91 Å². The Morgan fingerprint density at radius 3 is 2.59 bits per heavy atom. The Kier molecular flexibility index (Phi) is 5.77. The van der Waals surface area contributed by atoms with Crippen LogP contribution in [0, 0.1) is 0 Å². The summed E-state index contributed by atoms with van der Waals surface area (Å²) in [5.74, 6) is 0.502. The van der Waals surface area contributed by atoms with Crippen molar-refractivity contribution < 1.29 is 13.9 Å². The fraction of sp³-hybridized carbons (Fsp3) is 0.308. The number of nitrogens with zero attached hydrogens (tertiary/aromatic N) is 2. The van der Waals surface area contributed by atoms with Gasteiger partial charge in [0.05, 0.1) is 6.54 Å². The van der Waals surface area contributed by atoms with Gasteiger partial charge in [-0.3, -0.25) is 14.5 Å². The standard InChI is InChI=1S/C26H26N2O4/c29-24-14-22(16-27-13-11-19-6-1-2-8-21(19)15-27)31-17-25(24)32-18-26(30)28-12-5-9-20-7-3-4-10-23(20)28/h1-4,6-8,10,14,17H,5,9,11-13,15-16,18H2. The van der Waals surface area contributed by atoms with Gasteiger partial charge in [-0.2, -0.15) is 0 Å². The molecule has 6 nitrogen and oxygen atoms in total. The average Bonchev–Trinajstić information content (AvgIpc) is 2.83. The zero-order valence-electron chi connectivity index (χ0n) is 18.0. The van der Waals surface area contributed by atoms with Crippen molar-refractivity contribution >= 4 is 11.6 Å². The van der Waals surface area contributed by atoms with Gasteiger partial charge in [-0.1, -0.05) is 42.5 Å². The molecule has 2 aliphatic rings. The topological polar surface area (TPSA) is 63.0 Å². The first-order valence-electron chi connectivity index (χ1n) is 11.1. The fourth-order valence-corrected chi connectivity index (χ4v) is 4.55. The number of carbonyl (C=O) groups excluding carboxylic acids is 1. The normalized spacial score (nSPS) is 15.7. The number of ether oxygens (including phenoxy) is 1. The molecule has 32 heavy (non-hydrogen) atoms. The van der Waals surface area contributed by atoms with Crippen LogP contribution in [0.25, 0.3) is 0 Å². The summed E-state index contributed by atoms with van der Waals surface area (Å²) in [6.07, 6.45) is 4.20. The molecule has 0 spiro atoms. The second-order valence-electron chi connectivity index (χ2n) is 8.37. The van der Waals surface area contributed by atoms with Crippen molar-refractivity contribution in [1.29, 1.82) is 0 Å². The summed E-state index contributed by atoms with van der Waals surface area (Å²) >= 11 is 0. The highest BCUT2D eigenvalue weighted by Crippen LogP contribution is 2.27. The number of fused-ring (bicyclic) bond motifs is 2. The van der Waals surface area contributed by atoms with Gasteiger partial charge in [0.1, 0.15) is 12.0 Å². The van der Waals surface area contributed by atoms with Crippen LogP contribution in [0.5, 0.6) is 5.75 Å². The van der Waals surface area contributed by atoms with E-state index in [2.05, 4.69) is 29.2 Å². The summed E-state index contributed by atoms with van der Waals surface area (Å²) in [4.78, 5) is 29.3. The average molecular weight is 431 g/mol. The van der Waals surface area contributed by atoms with Crippen molar-refractivity contribution in [1.82, 2.24) is 4.90 Å². The van der Waals surface area contributed by atoms with Crippen molar-refractivity contribution in [2.75, 3.05) is 24.6 Å². The van der Waals surface area contributed by atoms with Crippen LogP contribution in [-0.4, -0.2) is 30.5 Å². The van der Waals surface area contributed by atoms with Gasteiger partial charge in [-0.05, 0) is 42.0 Å². The van der Waals surface area contributed by atoms with Crippen LogP contribution < -0.4 is 15.1 Å². The van der Waals surface area contributed by atoms with Gasteiger partial charge in [-0.15, -0.1) is 0 Å². The van der Waals surface area contributed by atoms with Crippen LogP contribution in [0.15, 0.2) is 70.1 Å². The Morgan fingerprint density at radius 2 is 1.75 bits per heavy atom. The number of hydrogen-bond acceptors (Lipinski definition) is 5. The number of amides is 1. The smallest absolute Gasteiger partial charge is 0.264 e. The van der Waals surface area contributed by atoms with Crippen molar-refractivity contribution in [3.8, 4) is 5.75 Å². The summed E-state index contributed by atoms with van der Waals surface area (Å²) in [6.45, 7) is 2.79. The number of benzene rings is 2. The van der Waals surface area contributed by atoms with Crippen molar-refractivity contribution in [2.45, 2.75) is 32.4 Å². The monoisotopic (exact) mass is 430 g/mol. The molecule has 0 saturated carbocycles. The Bertz CT molecular complexity index is 1190. The van der Waals surface area contributed by atoms with Crippen LogP contribution in [0.3, 0.4) is 0 Å². The third-order valence-corrected chi connectivity index (χ3v) is 6.20. The molecule has 3 aromatic rings. The van der Waals surface area contributed by atoms with E-state index in [1.165, 1.54) is 23.5 Å². The van der Waals surface area contributed by atoms with Gasteiger partial charge in [0.15, 0.2) is 6.61 Å². The first kappa shape index (κ1) is 20.5. The number of anilines is 1. The quantitative estimate of drug-likeness (QED) is 0.619. The third-order valence-electron chi connectivity index (χ3n) is 6.20. The zero-order valence-corrected chi connectivity index (χ0v) is 18.0. The van der Waals surface area contributed by atoms with Crippen molar-refractivity contribution in [2.24, 2.45) is 0 Å². The molecule has 1 amide bonds. The highest BCUT2D eigenvalue weighted by molar-refractivity contribution is 5.95. The molecule has 3 heterocycles. The fourth-order valence-electron chi connectivity index (χ4n) is 4.55. The van der Waals surface area contributed by atoms with Gasteiger partial charge in [0.2, 0.25) is 11.2 Å². The molecule has 0 N–H and O–H groups in total. The largest absolute Gasteiger partial charge is 0.477 e. The van der Waals surface area contributed by atoms with Crippen LogP contribution in [-0.2, 0) is 30.7 Å². The number of rotatable bonds is 5. The van der Waals surface area contributed by atoms with Gasteiger partial charge < -0.3 is 14.1 Å². The first-order valence-corrected chi connectivity index (χ1v) is 11.1. The zero-order chi connectivity index (χ0) is 21.9. The SMILES string of the molecule is O=C(COc1coc(CN2CCc3ccccc3C2)cc1=O)N1CCCc2ccccc21. The molecule has 0 bridgehead atoms. The summed E-state index contributed by atoms with van der Waals surface area (Å²) in [5.41, 5.74) is 4.53. The molecule has 0 saturated heterocycles. The maximum atomic E-state index is 12.7. The van der Waals surface area contributed by atoms with E-state index in [0.29, 0.717) is 18.8 Å². The van der Waals surface area contributed by atoms with E-state index in [1.54, 1.807) is 4.90 Å². The highest BCUT2D eigenvalue weighted by Gasteiger charge is 2.23.